The van der Waals surface area contributed by atoms with E-state index in [0.717, 1.165) is 21.5 Å². The molecule has 2 atom stereocenters. The summed E-state index contributed by atoms with van der Waals surface area (Å²) in [6, 6.07) is 13.1. The summed E-state index contributed by atoms with van der Waals surface area (Å²) in [4.78, 5) is 0. The Morgan fingerprint density at radius 3 is 1.72 bits per heavy atom. The number of aliphatic hydroxyl groups excluding tert-OH is 2. The topological polar surface area (TPSA) is 77.4 Å². The molecule has 0 heterocycles. The highest BCUT2D eigenvalue weighted by atomic mass is 35.5. The van der Waals surface area contributed by atoms with Crippen molar-refractivity contribution >= 4 is 33.1 Å². The van der Waals surface area contributed by atoms with Crippen molar-refractivity contribution in [2.45, 2.75) is 12.2 Å². The van der Waals surface area contributed by atoms with Gasteiger partial charge in [-0.2, -0.15) is 0 Å². The Balaban J connectivity index is 2.10. The van der Waals surface area contributed by atoms with Crippen LogP contribution in [-0.4, -0.2) is 63.1 Å². The molecule has 0 aromatic heterocycles. The molecule has 0 spiro atoms. The molecule has 0 amide bonds. The summed E-state index contributed by atoms with van der Waals surface area (Å²) >= 11 is 6.25. The number of benzene rings is 3. The van der Waals surface area contributed by atoms with Crippen molar-refractivity contribution in [1.29, 1.82) is 0 Å². The van der Waals surface area contributed by atoms with Gasteiger partial charge in [0, 0.05) is 40.8 Å². The monoisotopic (exact) mass is 420 g/mol. The average molecular weight is 421 g/mol. The number of aliphatic hydroxyl groups is 2. The van der Waals surface area contributed by atoms with Crippen LogP contribution in [0.2, 0.25) is 5.02 Å². The van der Waals surface area contributed by atoms with Gasteiger partial charge in [0.25, 0.3) is 0 Å². The van der Waals surface area contributed by atoms with Gasteiger partial charge in [0.1, 0.15) is 36.9 Å². The summed E-state index contributed by atoms with van der Waals surface area (Å²) in [6.07, 6.45) is -1.51. The smallest absolute Gasteiger partial charge is 0.135 e. The van der Waals surface area contributed by atoms with Gasteiger partial charge in [-0.05, 0) is 18.2 Å². The highest BCUT2D eigenvalue weighted by Gasteiger charge is 2.18. The predicted octanol–water partition coefficient (Wildman–Crippen LogP) is 3.42. The van der Waals surface area contributed by atoms with Crippen molar-refractivity contribution in [2.75, 3.05) is 40.6 Å². The summed E-state index contributed by atoms with van der Waals surface area (Å²) in [5.41, 5.74) is 0. The predicted molar refractivity (Wildman–Crippen MR) is 113 cm³/mol. The third-order valence-electron chi connectivity index (χ3n) is 4.45. The summed E-state index contributed by atoms with van der Waals surface area (Å²) in [5, 5.41) is 23.8. The van der Waals surface area contributed by atoms with Gasteiger partial charge in [0.05, 0.1) is 13.2 Å². The van der Waals surface area contributed by atoms with E-state index in [1.54, 1.807) is 12.1 Å². The third kappa shape index (κ3) is 5.10. The quantitative estimate of drug-likeness (QED) is 0.489. The number of ether oxygens (including phenoxy) is 4. The van der Waals surface area contributed by atoms with Gasteiger partial charge in [-0.25, -0.2) is 0 Å². The zero-order chi connectivity index (χ0) is 20.8. The minimum absolute atomic E-state index is 0.0756. The van der Waals surface area contributed by atoms with Crippen LogP contribution in [0, 0.1) is 0 Å². The van der Waals surface area contributed by atoms with E-state index in [9.17, 15) is 10.2 Å². The Labute approximate surface area is 174 Å². The standard InChI is InChI=1S/C22H25ClO6/c1-26-10-15(24)12-28-21-17-5-3-4-6-18(17)22(29-13-16(25)11-27-2)20-9-14(23)7-8-19(20)21/h3-9,15-16,24-25H,10-13H2,1-2H3. The van der Waals surface area contributed by atoms with Crippen LogP contribution in [-0.2, 0) is 9.47 Å². The first-order valence-electron chi connectivity index (χ1n) is 9.28. The van der Waals surface area contributed by atoms with Crippen molar-refractivity contribution in [3.05, 3.63) is 47.5 Å². The van der Waals surface area contributed by atoms with Crippen LogP contribution < -0.4 is 9.47 Å². The maximum Gasteiger partial charge on any atom is 0.135 e. The van der Waals surface area contributed by atoms with Gasteiger partial charge in [-0.3, -0.25) is 0 Å². The maximum absolute atomic E-state index is 10.0. The summed E-state index contributed by atoms with van der Waals surface area (Å²) in [5.74, 6) is 1.24. The molecule has 3 aromatic rings. The van der Waals surface area contributed by atoms with Crippen molar-refractivity contribution in [2.24, 2.45) is 0 Å². The van der Waals surface area contributed by atoms with E-state index in [4.69, 9.17) is 30.5 Å². The molecule has 7 heteroatoms. The second-order valence-corrected chi connectivity index (χ2v) is 7.17. The molecule has 0 fully saturated rings. The van der Waals surface area contributed by atoms with E-state index in [2.05, 4.69) is 0 Å². The molecule has 2 N–H and O–H groups in total. The molecule has 0 radical (unpaired) electrons. The number of fused-ring (bicyclic) bond motifs is 2. The van der Waals surface area contributed by atoms with Gasteiger partial charge in [-0.1, -0.05) is 35.9 Å². The Hall–Kier alpha value is -2.09. The number of rotatable bonds is 10. The van der Waals surface area contributed by atoms with Gasteiger partial charge in [-0.15, -0.1) is 0 Å². The van der Waals surface area contributed by atoms with Gasteiger partial charge in [0.2, 0.25) is 0 Å². The van der Waals surface area contributed by atoms with Crippen molar-refractivity contribution in [1.82, 2.24) is 0 Å². The molecule has 2 unspecified atom stereocenters. The van der Waals surface area contributed by atoms with E-state index in [1.807, 2.05) is 30.3 Å². The van der Waals surface area contributed by atoms with E-state index >= 15 is 0 Å². The van der Waals surface area contributed by atoms with Gasteiger partial charge in [0.15, 0.2) is 0 Å². The first-order chi connectivity index (χ1) is 14.0. The normalized spacial score (nSPS) is 13.6. The molecule has 3 aromatic carbocycles. The SMILES string of the molecule is COCC(O)COc1c2ccccc2c(OCC(O)COC)c2cc(Cl)ccc12. The summed E-state index contributed by atoms with van der Waals surface area (Å²) in [7, 11) is 3.05. The van der Waals surface area contributed by atoms with E-state index in [1.165, 1.54) is 14.2 Å². The zero-order valence-electron chi connectivity index (χ0n) is 16.4. The fourth-order valence-electron chi connectivity index (χ4n) is 3.22. The Bertz CT molecular complexity index is 961. The lowest BCUT2D eigenvalue weighted by Crippen LogP contribution is -2.23. The van der Waals surface area contributed by atoms with Crippen LogP contribution >= 0.6 is 11.6 Å². The molecular weight excluding hydrogens is 396 g/mol. The Morgan fingerprint density at radius 1 is 0.724 bits per heavy atom. The first kappa shape index (κ1) is 21.6. The first-order valence-corrected chi connectivity index (χ1v) is 9.66. The highest BCUT2D eigenvalue weighted by molar-refractivity contribution is 6.31. The maximum atomic E-state index is 10.0. The summed E-state index contributed by atoms with van der Waals surface area (Å²) in [6.45, 7) is 0.518. The van der Waals surface area contributed by atoms with Gasteiger partial charge < -0.3 is 29.2 Å². The van der Waals surface area contributed by atoms with Gasteiger partial charge >= 0.3 is 0 Å². The number of halogens is 1. The average Bonchev–Trinajstić information content (AvgIpc) is 2.71. The molecular formula is C22H25ClO6. The zero-order valence-corrected chi connectivity index (χ0v) is 17.2. The van der Waals surface area contributed by atoms with E-state index in [-0.39, 0.29) is 26.4 Å². The molecule has 156 valence electrons. The molecule has 0 saturated heterocycles. The molecule has 0 bridgehead atoms. The number of hydrogen-bond donors (Lipinski definition) is 2. The second-order valence-electron chi connectivity index (χ2n) is 6.73. The van der Waals surface area contributed by atoms with Crippen molar-refractivity contribution in [3.63, 3.8) is 0 Å². The van der Waals surface area contributed by atoms with Crippen LogP contribution in [0.5, 0.6) is 11.5 Å². The van der Waals surface area contributed by atoms with E-state index < -0.39 is 12.2 Å². The van der Waals surface area contributed by atoms with E-state index in [0.29, 0.717) is 16.5 Å². The van der Waals surface area contributed by atoms with Crippen molar-refractivity contribution in [3.8, 4) is 11.5 Å². The Kier molecular flexibility index (Phi) is 7.52. The largest absolute Gasteiger partial charge is 0.489 e. The van der Waals surface area contributed by atoms with Crippen LogP contribution in [0.1, 0.15) is 0 Å². The highest BCUT2D eigenvalue weighted by Crippen LogP contribution is 2.43. The van der Waals surface area contributed by atoms with Crippen LogP contribution in [0.25, 0.3) is 21.5 Å². The fourth-order valence-corrected chi connectivity index (χ4v) is 3.39. The second kappa shape index (κ2) is 10.1. The molecule has 0 aliphatic carbocycles. The minimum atomic E-state index is -0.756. The lowest BCUT2D eigenvalue weighted by molar-refractivity contribution is 0.0327. The molecule has 0 saturated carbocycles. The summed E-state index contributed by atoms with van der Waals surface area (Å²) < 4.78 is 22.0. The van der Waals surface area contributed by atoms with Crippen LogP contribution in [0.3, 0.4) is 0 Å². The Morgan fingerprint density at radius 2 is 1.21 bits per heavy atom. The molecule has 3 rings (SSSR count). The van der Waals surface area contributed by atoms with Crippen molar-refractivity contribution < 1.29 is 29.2 Å². The fraction of sp³-hybridized carbons (Fsp3) is 0.364. The van der Waals surface area contributed by atoms with Crippen LogP contribution in [0.15, 0.2) is 42.5 Å². The van der Waals surface area contributed by atoms with Crippen LogP contribution in [0.4, 0.5) is 0 Å². The third-order valence-corrected chi connectivity index (χ3v) is 4.68. The lowest BCUT2D eigenvalue weighted by Gasteiger charge is -2.20. The molecule has 29 heavy (non-hydrogen) atoms. The molecule has 0 aliphatic heterocycles. The number of hydrogen-bond acceptors (Lipinski definition) is 6. The minimum Gasteiger partial charge on any atom is -0.489 e. The number of methoxy groups -OCH3 is 2. The molecule has 6 nitrogen and oxygen atoms in total. The molecule has 0 aliphatic rings. The lowest BCUT2D eigenvalue weighted by atomic mass is 10.0.